The lowest BCUT2D eigenvalue weighted by atomic mass is 9.81. The Balaban J connectivity index is 1.67. The molecule has 2 fully saturated rings. The summed E-state index contributed by atoms with van der Waals surface area (Å²) in [5, 5.41) is 22.6. The number of imidazole rings is 1. The molecule has 0 saturated heterocycles. The predicted octanol–water partition coefficient (Wildman–Crippen LogP) is 1.82. The SMILES string of the molecule is COc1ccc(CC(OC(=O)N(C(Cc2c[nH]cn2)C(N)=O)[C@@H](CC2CCCCC2)[C@@H](O)[C@@H](O)C2CC2)C(N)=O)cc1. The van der Waals surface area contributed by atoms with E-state index in [1.165, 1.54) is 13.4 Å². The number of carbonyl (C=O) groups is 3. The van der Waals surface area contributed by atoms with Crippen LogP contribution >= 0.6 is 0 Å². The molecule has 4 rings (SSSR count). The number of H-pyrrole nitrogens is 1. The fourth-order valence-corrected chi connectivity index (χ4v) is 5.92. The van der Waals surface area contributed by atoms with E-state index >= 15 is 0 Å². The van der Waals surface area contributed by atoms with Crippen molar-refractivity contribution < 1.29 is 34.1 Å². The molecular weight excluding hydrogens is 542 g/mol. The number of ether oxygens (including phenoxy) is 2. The third-order valence-electron chi connectivity index (χ3n) is 8.48. The van der Waals surface area contributed by atoms with Crippen LogP contribution in [0, 0.1) is 11.8 Å². The molecule has 12 heteroatoms. The lowest BCUT2D eigenvalue weighted by molar-refractivity contribution is -0.130. The summed E-state index contributed by atoms with van der Waals surface area (Å²) >= 11 is 0. The number of aliphatic hydroxyl groups excluding tert-OH is 2. The summed E-state index contributed by atoms with van der Waals surface area (Å²) in [6, 6.07) is 4.61. The molecule has 42 heavy (non-hydrogen) atoms. The van der Waals surface area contributed by atoms with Crippen molar-refractivity contribution in [3.05, 3.63) is 48.0 Å². The van der Waals surface area contributed by atoms with Crippen molar-refractivity contribution in [3.8, 4) is 5.75 Å². The minimum atomic E-state index is -1.37. The zero-order valence-electron chi connectivity index (χ0n) is 24.1. The second-order valence-electron chi connectivity index (χ2n) is 11.5. The Kier molecular flexibility index (Phi) is 10.8. The standard InChI is InChI=1S/C30H43N5O7/c1-41-22-11-7-19(8-12-22)14-25(29(32)39)42-30(40)35(24(28(31)38)15-21-16-33-17-34-21)23(13-18-5-3-2-4-6-18)27(37)26(36)20-9-10-20/h7-8,11-12,16-18,20,23-27,36-37H,2-6,9-10,13-15H2,1H3,(H2,31,38)(H2,32,39)(H,33,34)/t23-,24?,25?,26-,27+/m0/s1. The van der Waals surface area contributed by atoms with Gasteiger partial charge in [-0.2, -0.15) is 0 Å². The fraction of sp³-hybridized carbons (Fsp3) is 0.600. The van der Waals surface area contributed by atoms with Crippen molar-refractivity contribution in [2.24, 2.45) is 23.3 Å². The van der Waals surface area contributed by atoms with Gasteiger partial charge in [0.15, 0.2) is 6.10 Å². The van der Waals surface area contributed by atoms with E-state index in [4.69, 9.17) is 20.9 Å². The highest BCUT2D eigenvalue weighted by Gasteiger charge is 2.46. The monoisotopic (exact) mass is 585 g/mol. The van der Waals surface area contributed by atoms with Crippen LogP contribution in [-0.2, 0) is 27.2 Å². The van der Waals surface area contributed by atoms with Crippen molar-refractivity contribution in [2.45, 2.75) is 94.6 Å². The first-order valence-electron chi connectivity index (χ1n) is 14.7. The Labute approximate surface area is 245 Å². The Morgan fingerprint density at radius 2 is 1.71 bits per heavy atom. The average molecular weight is 586 g/mol. The quantitative estimate of drug-likeness (QED) is 0.209. The molecule has 7 N–H and O–H groups in total. The van der Waals surface area contributed by atoms with E-state index in [1.54, 1.807) is 30.5 Å². The van der Waals surface area contributed by atoms with Crippen molar-refractivity contribution in [1.29, 1.82) is 0 Å². The first-order valence-corrected chi connectivity index (χ1v) is 14.7. The minimum absolute atomic E-state index is 0.0138. The van der Waals surface area contributed by atoms with E-state index in [0.29, 0.717) is 23.4 Å². The Morgan fingerprint density at radius 1 is 1.02 bits per heavy atom. The van der Waals surface area contributed by atoms with Gasteiger partial charge in [-0.1, -0.05) is 44.2 Å². The van der Waals surface area contributed by atoms with Gasteiger partial charge in [-0.25, -0.2) is 9.78 Å². The van der Waals surface area contributed by atoms with Gasteiger partial charge in [-0.05, 0) is 48.8 Å². The summed E-state index contributed by atoms with van der Waals surface area (Å²) in [6.45, 7) is 0. The van der Waals surface area contributed by atoms with Crippen LogP contribution in [0.15, 0.2) is 36.8 Å². The number of nitrogens with one attached hydrogen (secondary N) is 1. The third kappa shape index (κ3) is 8.22. The molecule has 2 aliphatic rings. The molecule has 230 valence electrons. The van der Waals surface area contributed by atoms with E-state index in [-0.39, 0.29) is 24.7 Å². The van der Waals surface area contributed by atoms with Crippen molar-refractivity contribution in [1.82, 2.24) is 14.9 Å². The van der Waals surface area contributed by atoms with Crippen LogP contribution in [-0.4, -0.2) is 80.5 Å². The number of benzene rings is 1. The maximum absolute atomic E-state index is 14.1. The van der Waals surface area contributed by atoms with E-state index in [9.17, 15) is 24.6 Å². The number of carbonyl (C=O) groups excluding carboxylic acids is 3. The van der Waals surface area contributed by atoms with E-state index in [0.717, 1.165) is 49.8 Å². The summed E-state index contributed by atoms with van der Waals surface area (Å²) in [7, 11) is 1.54. The van der Waals surface area contributed by atoms with E-state index in [1.807, 2.05) is 0 Å². The number of nitrogens with zero attached hydrogens (tertiary/aromatic N) is 2. The van der Waals surface area contributed by atoms with Gasteiger partial charge in [0.1, 0.15) is 17.9 Å². The van der Waals surface area contributed by atoms with Gasteiger partial charge in [-0.3, -0.25) is 14.5 Å². The highest BCUT2D eigenvalue weighted by Crippen LogP contribution is 2.38. The maximum atomic E-state index is 14.1. The molecule has 1 aromatic heterocycles. The number of hydrogen-bond donors (Lipinski definition) is 5. The number of amides is 3. The Morgan fingerprint density at radius 3 is 2.26 bits per heavy atom. The third-order valence-corrected chi connectivity index (χ3v) is 8.48. The minimum Gasteiger partial charge on any atom is -0.497 e. The molecule has 1 aromatic carbocycles. The average Bonchev–Trinajstić information content (AvgIpc) is 3.71. The summed E-state index contributed by atoms with van der Waals surface area (Å²) in [4.78, 5) is 47.7. The number of methoxy groups -OCH3 is 1. The number of primary amides is 2. The first-order chi connectivity index (χ1) is 20.2. The molecule has 1 heterocycles. The molecule has 3 amide bonds. The van der Waals surface area contributed by atoms with Crippen LogP contribution in [0.5, 0.6) is 5.75 Å². The van der Waals surface area contributed by atoms with Gasteiger partial charge in [0.25, 0.3) is 5.91 Å². The van der Waals surface area contributed by atoms with Crippen LogP contribution in [0.1, 0.15) is 62.6 Å². The van der Waals surface area contributed by atoms with Gasteiger partial charge in [0.05, 0.1) is 31.3 Å². The van der Waals surface area contributed by atoms with Crippen LogP contribution < -0.4 is 16.2 Å². The van der Waals surface area contributed by atoms with Crippen LogP contribution in [0.4, 0.5) is 4.79 Å². The van der Waals surface area contributed by atoms with Gasteiger partial charge in [-0.15, -0.1) is 0 Å². The second kappa shape index (κ2) is 14.5. The number of nitrogens with two attached hydrogens (primary N) is 2. The summed E-state index contributed by atoms with van der Waals surface area (Å²) < 4.78 is 10.9. The predicted molar refractivity (Wildman–Crippen MR) is 153 cm³/mol. The molecule has 2 aromatic rings. The zero-order chi connectivity index (χ0) is 30.2. The summed E-state index contributed by atoms with van der Waals surface area (Å²) in [6.07, 6.45) is 4.90. The highest BCUT2D eigenvalue weighted by atomic mass is 16.6. The van der Waals surface area contributed by atoms with Crippen molar-refractivity contribution in [2.75, 3.05) is 7.11 Å². The molecule has 5 atom stereocenters. The maximum Gasteiger partial charge on any atom is 0.411 e. The molecule has 0 spiro atoms. The van der Waals surface area contributed by atoms with Gasteiger partial charge >= 0.3 is 6.09 Å². The molecule has 0 radical (unpaired) electrons. The largest absolute Gasteiger partial charge is 0.497 e. The summed E-state index contributed by atoms with van der Waals surface area (Å²) in [5.74, 6) is -1.02. The summed E-state index contributed by atoms with van der Waals surface area (Å²) in [5.41, 5.74) is 12.7. The lowest BCUT2D eigenvalue weighted by Gasteiger charge is -2.42. The first kappa shape index (κ1) is 31.3. The Hall–Kier alpha value is -3.64. The molecule has 2 aliphatic carbocycles. The van der Waals surface area contributed by atoms with Gasteiger partial charge in [0, 0.05) is 19.0 Å². The van der Waals surface area contributed by atoms with Crippen molar-refractivity contribution >= 4 is 17.9 Å². The van der Waals surface area contributed by atoms with E-state index < -0.39 is 48.3 Å². The molecule has 0 aliphatic heterocycles. The van der Waals surface area contributed by atoms with Crippen LogP contribution in [0.2, 0.25) is 0 Å². The number of aromatic nitrogens is 2. The molecule has 12 nitrogen and oxygen atoms in total. The number of hydrogen-bond acceptors (Lipinski definition) is 8. The molecular formula is C30H43N5O7. The number of aliphatic hydroxyl groups is 2. The second-order valence-corrected chi connectivity index (χ2v) is 11.5. The zero-order valence-corrected chi connectivity index (χ0v) is 24.1. The van der Waals surface area contributed by atoms with E-state index in [2.05, 4.69) is 9.97 Å². The molecule has 2 saturated carbocycles. The number of aromatic amines is 1. The van der Waals surface area contributed by atoms with Gasteiger partial charge < -0.3 is 36.1 Å². The normalized spacial score (nSPS) is 19.2. The number of rotatable bonds is 15. The molecule has 0 bridgehead atoms. The lowest BCUT2D eigenvalue weighted by Crippen LogP contribution is -2.60. The van der Waals surface area contributed by atoms with Crippen LogP contribution in [0.3, 0.4) is 0 Å². The van der Waals surface area contributed by atoms with Gasteiger partial charge in [0.2, 0.25) is 5.91 Å². The highest BCUT2D eigenvalue weighted by molar-refractivity contribution is 5.86. The van der Waals surface area contributed by atoms with Crippen molar-refractivity contribution in [3.63, 3.8) is 0 Å². The van der Waals surface area contributed by atoms with Crippen LogP contribution in [0.25, 0.3) is 0 Å². The molecule has 2 unspecified atom stereocenters. The Bertz CT molecular complexity index is 1170. The topological polar surface area (TPSA) is 194 Å². The smallest absolute Gasteiger partial charge is 0.411 e. The fourth-order valence-electron chi connectivity index (χ4n) is 5.92.